The molecule has 3 aromatic heterocycles. The van der Waals surface area contributed by atoms with Crippen LogP contribution in [0.3, 0.4) is 0 Å². The average molecular weight is 567 g/mol. The van der Waals surface area contributed by atoms with Gasteiger partial charge in [-0.3, -0.25) is 0 Å². The summed E-state index contributed by atoms with van der Waals surface area (Å²) < 4.78 is 10.9. The number of hydrogen-bond acceptors (Lipinski definition) is 1. The number of rotatable bonds is 2. The summed E-state index contributed by atoms with van der Waals surface area (Å²) in [6.07, 6.45) is 5.40. The highest BCUT2D eigenvalue weighted by Gasteiger charge is 2.32. The topological polar surface area (TPSA) is 23.0 Å². The molecule has 3 heterocycles. The third kappa shape index (κ3) is 3.34. The number of fused-ring (bicyclic) bond motifs is 9. The maximum Gasteiger partial charge on any atom is 0.318 e. The summed E-state index contributed by atoms with van der Waals surface area (Å²) in [5, 5.41) is 6.33. The zero-order valence-electron chi connectivity index (χ0n) is 23.1. The fraction of sp³-hybridized carbons (Fsp3) is 0.0811. The third-order valence-corrected chi connectivity index (χ3v) is 10.5. The molecule has 9 rings (SSSR count). The van der Waals surface area contributed by atoms with Crippen molar-refractivity contribution >= 4 is 93.7 Å². The van der Waals surface area contributed by atoms with Crippen LogP contribution in [0.1, 0.15) is 23.8 Å². The smallest absolute Gasteiger partial charge is 0.318 e. The minimum atomic E-state index is -0.161. The zero-order valence-corrected chi connectivity index (χ0v) is 25.4. The van der Waals surface area contributed by atoms with Crippen molar-refractivity contribution in [3.05, 3.63) is 126 Å². The fourth-order valence-electron chi connectivity index (χ4n) is 7.19. The molecular weight excluding hydrogens is 542 g/mol. The van der Waals surface area contributed by atoms with Gasteiger partial charge < -0.3 is 11.5 Å². The molecule has 1 aliphatic rings. The van der Waals surface area contributed by atoms with E-state index >= 15 is 0 Å². The first-order valence-electron chi connectivity index (χ1n) is 14.3. The van der Waals surface area contributed by atoms with Gasteiger partial charge >= 0.3 is 33.0 Å². The lowest BCUT2D eigenvalue weighted by atomic mass is 9.73. The molecule has 8 aromatic rings. The van der Waals surface area contributed by atoms with E-state index in [1.54, 1.807) is 0 Å². The Morgan fingerprint density at radius 3 is 2.05 bits per heavy atom. The summed E-state index contributed by atoms with van der Waals surface area (Å²) in [6.45, 7) is 2.36. The van der Waals surface area contributed by atoms with Crippen LogP contribution in [0.4, 0.5) is 0 Å². The SMILES string of the molecule is CC1(c2ccc3c(c2)c2ccccc2[n]3[Al])C=Cc2oc3cccc(-c4ccc5c(c4)c4ccccc4[n]5[Al])c3c2C1. The molecule has 42 heavy (non-hydrogen) atoms. The van der Waals surface area contributed by atoms with Gasteiger partial charge in [0.1, 0.15) is 11.3 Å². The van der Waals surface area contributed by atoms with Crippen molar-refractivity contribution in [1.29, 1.82) is 0 Å². The number of allylic oxidation sites excluding steroid dienone is 1. The summed E-state index contributed by atoms with van der Waals surface area (Å²) in [7, 11) is 0. The van der Waals surface area contributed by atoms with Gasteiger partial charge in [0, 0.05) is 60.0 Å². The maximum absolute atomic E-state index is 6.47. The molecule has 5 heteroatoms. The molecule has 0 aliphatic heterocycles. The monoisotopic (exact) mass is 566 g/mol. The maximum atomic E-state index is 6.47. The van der Waals surface area contributed by atoms with Crippen LogP contribution in [0.25, 0.3) is 71.8 Å². The van der Waals surface area contributed by atoms with E-state index in [-0.39, 0.29) is 5.41 Å². The van der Waals surface area contributed by atoms with Crippen LogP contribution in [0.5, 0.6) is 0 Å². The van der Waals surface area contributed by atoms with Crippen LogP contribution in [0.2, 0.25) is 0 Å². The van der Waals surface area contributed by atoms with Crippen LogP contribution < -0.4 is 0 Å². The highest BCUT2D eigenvalue weighted by atomic mass is 27.1. The number of furan rings is 1. The van der Waals surface area contributed by atoms with E-state index in [1.165, 1.54) is 71.3 Å². The molecule has 1 atom stereocenters. The van der Waals surface area contributed by atoms with E-state index in [9.17, 15) is 0 Å². The largest absolute Gasteiger partial charge is 0.456 e. The Morgan fingerprint density at radius 2 is 1.31 bits per heavy atom. The van der Waals surface area contributed by atoms with E-state index < -0.39 is 0 Å². The van der Waals surface area contributed by atoms with Gasteiger partial charge in [-0.25, -0.2) is 0 Å². The first-order chi connectivity index (χ1) is 20.5. The predicted octanol–water partition coefficient (Wildman–Crippen LogP) is 8.71. The Hall–Kier alpha value is -3.96. The first kappa shape index (κ1) is 24.6. The number of benzene rings is 5. The molecule has 3 nitrogen and oxygen atoms in total. The highest BCUT2D eigenvalue weighted by Crippen LogP contribution is 2.45. The van der Waals surface area contributed by atoms with E-state index in [1.807, 2.05) is 0 Å². The second-order valence-electron chi connectivity index (χ2n) is 11.8. The molecule has 0 spiro atoms. The quantitative estimate of drug-likeness (QED) is 0.192. The van der Waals surface area contributed by atoms with Gasteiger partial charge in [-0.1, -0.05) is 73.7 Å². The minimum Gasteiger partial charge on any atom is -0.456 e. The Labute approximate surface area is 259 Å². The highest BCUT2D eigenvalue weighted by molar-refractivity contribution is 6.23. The van der Waals surface area contributed by atoms with Crippen molar-refractivity contribution in [2.75, 3.05) is 0 Å². The van der Waals surface area contributed by atoms with Crippen LogP contribution in [0, 0.1) is 0 Å². The lowest BCUT2D eigenvalue weighted by molar-refractivity contribution is 0.550. The molecule has 0 fully saturated rings. The first-order valence-corrected chi connectivity index (χ1v) is 15.3. The van der Waals surface area contributed by atoms with Crippen molar-refractivity contribution in [1.82, 2.24) is 7.10 Å². The molecule has 0 N–H and O–H groups in total. The van der Waals surface area contributed by atoms with E-state index in [2.05, 4.69) is 162 Å². The van der Waals surface area contributed by atoms with Gasteiger partial charge in [0.05, 0.1) is 0 Å². The molecule has 1 aliphatic carbocycles. The van der Waals surface area contributed by atoms with Gasteiger partial charge in [-0.2, -0.15) is 0 Å². The standard InChI is InChI=1S/C37H24N2O.2Al/c1-37(23-14-16-33-28(20-23)26-8-3-5-11-31(26)39-33)18-17-34-29(21-37)36-24(9-6-12-35(36)40-34)22-13-15-32-27(19-22)25-7-2-4-10-30(25)38-32;;/h2-20H,21H2,1H3;;/q-2;2*+1. The Kier molecular flexibility index (Phi) is 5.15. The van der Waals surface area contributed by atoms with Crippen LogP contribution in [-0.2, 0) is 11.8 Å². The summed E-state index contributed by atoms with van der Waals surface area (Å²) in [4.78, 5) is 0. The van der Waals surface area contributed by atoms with Crippen LogP contribution >= 0.6 is 0 Å². The van der Waals surface area contributed by atoms with E-state index in [4.69, 9.17) is 4.42 Å². The normalized spacial score (nSPS) is 16.8. The van der Waals surface area contributed by atoms with Crippen molar-refractivity contribution in [3.8, 4) is 11.1 Å². The Balaban J connectivity index is 1.21. The van der Waals surface area contributed by atoms with Gasteiger partial charge in [-0.15, -0.1) is 0 Å². The third-order valence-electron chi connectivity index (χ3n) is 9.38. The van der Waals surface area contributed by atoms with Crippen LogP contribution in [0.15, 0.2) is 114 Å². The molecule has 1 unspecified atom stereocenters. The van der Waals surface area contributed by atoms with E-state index in [0.29, 0.717) is 0 Å². The van der Waals surface area contributed by atoms with E-state index in [0.717, 1.165) is 17.8 Å². The van der Waals surface area contributed by atoms with Crippen molar-refractivity contribution in [2.45, 2.75) is 18.8 Å². The summed E-state index contributed by atoms with van der Waals surface area (Å²) in [5.41, 5.74) is 10.7. The average Bonchev–Trinajstić information content (AvgIpc) is 3.64. The van der Waals surface area contributed by atoms with Crippen LogP contribution in [-0.4, -0.2) is 40.1 Å². The summed E-state index contributed by atoms with van der Waals surface area (Å²) in [5.74, 6) is 0.972. The number of nitrogens with zero attached hydrogens (tertiary/aromatic N) is 2. The zero-order chi connectivity index (χ0) is 28.2. The fourth-order valence-corrected chi connectivity index (χ4v) is 8.09. The van der Waals surface area contributed by atoms with Gasteiger partial charge in [0.2, 0.25) is 0 Å². The molecule has 0 bridgehead atoms. The van der Waals surface area contributed by atoms with Crippen molar-refractivity contribution in [2.24, 2.45) is 0 Å². The number of hydrogen-bond donors (Lipinski definition) is 0. The molecule has 0 saturated carbocycles. The summed E-state index contributed by atoms with van der Waals surface area (Å²) in [6, 6.07) is 37.5. The van der Waals surface area contributed by atoms with Gasteiger partial charge in [0.25, 0.3) is 0 Å². The molecular formula is C37H24Al2N2O. The second kappa shape index (κ2) is 8.78. The number of para-hydroxylation sites is 2. The van der Waals surface area contributed by atoms with Gasteiger partial charge in [-0.05, 0) is 71.7 Å². The second-order valence-corrected chi connectivity index (χ2v) is 12.8. The Bertz CT molecular complexity index is 2440. The molecule has 194 valence electrons. The predicted molar refractivity (Wildman–Crippen MR) is 176 cm³/mol. The summed E-state index contributed by atoms with van der Waals surface area (Å²) >= 11 is 5.75. The molecule has 4 radical (unpaired) electrons. The van der Waals surface area contributed by atoms with Crippen molar-refractivity contribution in [3.63, 3.8) is 0 Å². The molecule has 0 saturated heterocycles. The molecule has 5 aromatic carbocycles. The van der Waals surface area contributed by atoms with Gasteiger partial charge in [0.15, 0.2) is 0 Å². The lowest BCUT2D eigenvalue weighted by Gasteiger charge is -2.30. The minimum absolute atomic E-state index is 0.161. The number of aromatic nitrogens is 2. The lowest BCUT2D eigenvalue weighted by Crippen LogP contribution is -2.24. The molecule has 0 amide bonds. The Morgan fingerprint density at radius 1 is 0.667 bits per heavy atom. The van der Waals surface area contributed by atoms with Crippen molar-refractivity contribution < 1.29 is 4.42 Å².